The molecule has 1 heterocycles. The van der Waals surface area contributed by atoms with Gasteiger partial charge in [-0.05, 0) is 50.4 Å². The number of piperidine rings is 1. The van der Waals surface area contributed by atoms with E-state index in [0.29, 0.717) is 19.2 Å². The smallest absolute Gasteiger partial charge is 0.119 e. The van der Waals surface area contributed by atoms with Gasteiger partial charge in [0.25, 0.3) is 0 Å². The van der Waals surface area contributed by atoms with E-state index < -0.39 is 6.10 Å². The number of likely N-dealkylation sites (tertiary alicyclic amines) is 1. The minimum atomic E-state index is -0.415. The standard InChI is InChI=1S/C17H27NO2/c1-3-15-7-9-17(10-8-15)20-13-16(19)12-18-11-5-4-6-14(18)2/h7-10,14,16,19H,3-6,11-13H2,1-2H3. The molecule has 1 aromatic carbocycles. The van der Waals surface area contributed by atoms with Crippen molar-refractivity contribution < 1.29 is 9.84 Å². The average molecular weight is 277 g/mol. The summed E-state index contributed by atoms with van der Waals surface area (Å²) in [5.74, 6) is 0.841. The van der Waals surface area contributed by atoms with Gasteiger partial charge in [-0.15, -0.1) is 0 Å². The van der Waals surface area contributed by atoms with Crippen LogP contribution < -0.4 is 4.74 Å². The molecule has 1 saturated heterocycles. The van der Waals surface area contributed by atoms with Crippen LogP contribution >= 0.6 is 0 Å². The third kappa shape index (κ3) is 4.50. The first-order chi connectivity index (χ1) is 9.69. The van der Waals surface area contributed by atoms with Crippen molar-refractivity contribution in [3.63, 3.8) is 0 Å². The van der Waals surface area contributed by atoms with Crippen LogP contribution in [0.25, 0.3) is 0 Å². The largest absolute Gasteiger partial charge is 0.491 e. The molecule has 2 rings (SSSR count). The quantitative estimate of drug-likeness (QED) is 0.868. The number of rotatable bonds is 6. The van der Waals surface area contributed by atoms with Gasteiger partial charge < -0.3 is 9.84 Å². The lowest BCUT2D eigenvalue weighted by Gasteiger charge is -2.34. The Morgan fingerprint density at radius 3 is 2.70 bits per heavy atom. The van der Waals surface area contributed by atoms with E-state index >= 15 is 0 Å². The van der Waals surface area contributed by atoms with E-state index in [2.05, 4.69) is 30.9 Å². The summed E-state index contributed by atoms with van der Waals surface area (Å²) in [7, 11) is 0. The molecular formula is C17H27NO2. The Morgan fingerprint density at radius 1 is 1.30 bits per heavy atom. The minimum Gasteiger partial charge on any atom is -0.491 e. The Labute approximate surface area is 122 Å². The molecule has 112 valence electrons. The summed E-state index contributed by atoms with van der Waals surface area (Å²) in [5.41, 5.74) is 1.31. The lowest BCUT2D eigenvalue weighted by Crippen LogP contribution is -2.43. The van der Waals surface area contributed by atoms with Crippen molar-refractivity contribution in [3.8, 4) is 5.75 Å². The first-order valence-corrected chi connectivity index (χ1v) is 7.83. The topological polar surface area (TPSA) is 32.7 Å². The van der Waals surface area contributed by atoms with Gasteiger partial charge in [-0.25, -0.2) is 0 Å². The normalized spacial score (nSPS) is 21.6. The zero-order valence-corrected chi connectivity index (χ0v) is 12.7. The first-order valence-electron chi connectivity index (χ1n) is 7.83. The molecule has 0 bridgehead atoms. The van der Waals surface area contributed by atoms with Crippen molar-refractivity contribution in [2.24, 2.45) is 0 Å². The van der Waals surface area contributed by atoms with Crippen LogP contribution in [0.2, 0.25) is 0 Å². The molecule has 1 fully saturated rings. The Balaban J connectivity index is 1.74. The molecule has 0 aliphatic carbocycles. The molecule has 20 heavy (non-hydrogen) atoms. The second-order valence-corrected chi connectivity index (χ2v) is 5.80. The molecule has 2 atom stereocenters. The van der Waals surface area contributed by atoms with E-state index in [-0.39, 0.29) is 0 Å². The number of nitrogens with zero attached hydrogens (tertiary/aromatic N) is 1. The summed E-state index contributed by atoms with van der Waals surface area (Å²) in [6, 6.07) is 8.70. The SMILES string of the molecule is CCc1ccc(OCC(O)CN2CCCCC2C)cc1. The molecule has 1 N–H and O–H groups in total. The predicted molar refractivity (Wildman–Crippen MR) is 82.2 cm³/mol. The number of hydrogen-bond donors (Lipinski definition) is 1. The molecule has 1 aliphatic rings. The molecule has 0 aromatic heterocycles. The van der Waals surface area contributed by atoms with Crippen molar-refractivity contribution in [1.82, 2.24) is 4.90 Å². The van der Waals surface area contributed by atoms with Crippen molar-refractivity contribution >= 4 is 0 Å². The van der Waals surface area contributed by atoms with Crippen LogP contribution in [0, 0.1) is 0 Å². The predicted octanol–water partition coefficient (Wildman–Crippen LogP) is 2.86. The number of aryl methyl sites for hydroxylation is 1. The van der Waals surface area contributed by atoms with Gasteiger partial charge in [0.05, 0.1) is 0 Å². The van der Waals surface area contributed by atoms with Gasteiger partial charge in [0.2, 0.25) is 0 Å². The molecule has 0 amide bonds. The summed E-state index contributed by atoms with van der Waals surface area (Å²) in [5, 5.41) is 10.1. The summed E-state index contributed by atoms with van der Waals surface area (Å²) >= 11 is 0. The number of aliphatic hydroxyl groups is 1. The molecule has 0 saturated carbocycles. The maximum Gasteiger partial charge on any atom is 0.119 e. The Kier molecular flexibility index (Phi) is 5.86. The highest BCUT2D eigenvalue weighted by molar-refractivity contribution is 5.27. The minimum absolute atomic E-state index is 0.370. The van der Waals surface area contributed by atoms with Crippen LogP contribution in [0.4, 0.5) is 0 Å². The van der Waals surface area contributed by atoms with E-state index in [9.17, 15) is 5.11 Å². The zero-order chi connectivity index (χ0) is 14.4. The summed E-state index contributed by atoms with van der Waals surface area (Å²) in [6.07, 6.45) is 4.42. The van der Waals surface area contributed by atoms with E-state index in [1.807, 2.05) is 12.1 Å². The van der Waals surface area contributed by atoms with Crippen LogP contribution in [0.5, 0.6) is 5.75 Å². The molecule has 0 radical (unpaired) electrons. The lowest BCUT2D eigenvalue weighted by molar-refractivity contribution is 0.0438. The maximum atomic E-state index is 10.1. The fourth-order valence-corrected chi connectivity index (χ4v) is 2.77. The number of benzene rings is 1. The summed E-state index contributed by atoms with van der Waals surface area (Å²) in [4.78, 5) is 2.37. The van der Waals surface area contributed by atoms with Gasteiger partial charge in [-0.1, -0.05) is 25.5 Å². The summed E-state index contributed by atoms with van der Waals surface area (Å²) < 4.78 is 5.67. The molecule has 2 unspecified atom stereocenters. The molecular weight excluding hydrogens is 250 g/mol. The highest BCUT2D eigenvalue weighted by atomic mass is 16.5. The van der Waals surface area contributed by atoms with E-state index in [1.54, 1.807) is 0 Å². The van der Waals surface area contributed by atoms with Crippen LogP contribution in [0.15, 0.2) is 24.3 Å². The Bertz CT molecular complexity index is 390. The van der Waals surface area contributed by atoms with Gasteiger partial charge in [-0.3, -0.25) is 4.90 Å². The third-order valence-corrected chi connectivity index (χ3v) is 4.16. The number of ether oxygens (including phenoxy) is 1. The highest BCUT2D eigenvalue weighted by Crippen LogP contribution is 2.17. The van der Waals surface area contributed by atoms with Gasteiger partial charge in [-0.2, -0.15) is 0 Å². The Hall–Kier alpha value is -1.06. The first kappa shape index (κ1) is 15.3. The molecule has 0 spiro atoms. The van der Waals surface area contributed by atoms with Crippen LogP contribution in [-0.2, 0) is 6.42 Å². The third-order valence-electron chi connectivity index (χ3n) is 4.16. The number of hydrogen-bond acceptors (Lipinski definition) is 3. The Morgan fingerprint density at radius 2 is 2.05 bits per heavy atom. The zero-order valence-electron chi connectivity index (χ0n) is 12.7. The second kappa shape index (κ2) is 7.65. The maximum absolute atomic E-state index is 10.1. The fourth-order valence-electron chi connectivity index (χ4n) is 2.77. The monoisotopic (exact) mass is 277 g/mol. The van der Waals surface area contributed by atoms with Gasteiger partial charge in [0.15, 0.2) is 0 Å². The number of aliphatic hydroxyl groups excluding tert-OH is 1. The van der Waals surface area contributed by atoms with Crippen LogP contribution in [-0.4, -0.2) is 41.8 Å². The highest BCUT2D eigenvalue weighted by Gasteiger charge is 2.20. The van der Waals surface area contributed by atoms with E-state index in [0.717, 1.165) is 18.7 Å². The summed E-state index contributed by atoms with van der Waals surface area (Å²) in [6.45, 7) is 6.57. The van der Waals surface area contributed by atoms with Gasteiger partial charge in [0.1, 0.15) is 18.5 Å². The van der Waals surface area contributed by atoms with Crippen molar-refractivity contribution in [1.29, 1.82) is 0 Å². The fraction of sp³-hybridized carbons (Fsp3) is 0.647. The molecule has 3 heteroatoms. The van der Waals surface area contributed by atoms with Crippen LogP contribution in [0.1, 0.15) is 38.7 Å². The molecule has 3 nitrogen and oxygen atoms in total. The number of β-amino-alcohol motifs (C(OH)–C–C–N with tert-alkyl or cyclic N) is 1. The van der Waals surface area contributed by atoms with Gasteiger partial charge in [0, 0.05) is 12.6 Å². The molecule has 1 aromatic rings. The van der Waals surface area contributed by atoms with Crippen molar-refractivity contribution in [3.05, 3.63) is 29.8 Å². The second-order valence-electron chi connectivity index (χ2n) is 5.80. The molecule has 1 aliphatic heterocycles. The van der Waals surface area contributed by atoms with E-state index in [1.165, 1.54) is 24.8 Å². The van der Waals surface area contributed by atoms with Crippen molar-refractivity contribution in [2.45, 2.75) is 51.7 Å². The lowest BCUT2D eigenvalue weighted by atomic mass is 10.0. The average Bonchev–Trinajstić information content (AvgIpc) is 2.48. The van der Waals surface area contributed by atoms with E-state index in [4.69, 9.17) is 4.74 Å². The van der Waals surface area contributed by atoms with Gasteiger partial charge >= 0.3 is 0 Å². The van der Waals surface area contributed by atoms with Crippen LogP contribution in [0.3, 0.4) is 0 Å². The van der Waals surface area contributed by atoms with Crippen molar-refractivity contribution in [2.75, 3.05) is 19.7 Å².